The molecule has 1 aromatic rings. The Hall–Kier alpha value is -0.930. The van der Waals surface area contributed by atoms with E-state index in [0.717, 1.165) is 24.2 Å². The second-order valence-electron chi connectivity index (χ2n) is 5.80. The van der Waals surface area contributed by atoms with Gasteiger partial charge in [0.25, 0.3) is 0 Å². The number of phenolic OH excluding ortho intramolecular Hbond substituents is 1. The summed E-state index contributed by atoms with van der Waals surface area (Å²) in [7, 11) is 0. The monoisotopic (exact) mass is 271 g/mol. The highest BCUT2D eigenvalue weighted by Crippen LogP contribution is 2.42. The van der Waals surface area contributed by atoms with E-state index >= 15 is 0 Å². The Morgan fingerprint density at radius 3 is 2.44 bits per heavy atom. The fourth-order valence-electron chi connectivity index (χ4n) is 1.93. The van der Waals surface area contributed by atoms with E-state index in [2.05, 4.69) is 0 Å². The highest BCUT2D eigenvalue weighted by Gasteiger charge is 2.31. The summed E-state index contributed by atoms with van der Waals surface area (Å²) >= 11 is 0. The largest absolute Gasteiger partial charge is 0.508 e. The first-order chi connectivity index (χ1) is 7.87. The molecular weight excluding hydrogens is 250 g/mol. The van der Waals surface area contributed by atoms with Crippen molar-refractivity contribution in [1.29, 1.82) is 0 Å². The molecule has 0 aliphatic heterocycles. The van der Waals surface area contributed by atoms with Crippen molar-refractivity contribution < 1.29 is 9.84 Å². The van der Waals surface area contributed by atoms with Crippen LogP contribution in [-0.4, -0.2) is 10.7 Å². The molecule has 1 aromatic carbocycles. The Labute approximate surface area is 115 Å². The third kappa shape index (κ3) is 3.79. The van der Waals surface area contributed by atoms with E-state index in [4.69, 9.17) is 10.5 Å². The minimum absolute atomic E-state index is 0. The maximum atomic E-state index is 9.84. The number of halogens is 1. The third-order valence-corrected chi connectivity index (χ3v) is 2.91. The van der Waals surface area contributed by atoms with E-state index in [9.17, 15) is 5.11 Å². The minimum atomic E-state index is -0.238. The molecule has 3 nitrogen and oxygen atoms in total. The number of nitrogens with two attached hydrogens (primary N) is 1. The minimum Gasteiger partial charge on any atom is -0.508 e. The van der Waals surface area contributed by atoms with Crippen molar-refractivity contribution in [3.05, 3.63) is 23.8 Å². The number of aromatic hydroxyl groups is 1. The fourth-order valence-corrected chi connectivity index (χ4v) is 1.93. The molecule has 3 N–H and O–H groups in total. The molecule has 1 saturated carbocycles. The average molecular weight is 272 g/mol. The molecule has 18 heavy (non-hydrogen) atoms. The average Bonchev–Trinajstić information content (AvgIpc) is 3.01. The number of ether oxygens (including phenoxy) is 1. The van der Waals surface area contributed by atoms with Crippen molar-refractivity contribution in [2.24, 2.45) is 11.7 Å². The summed E-state index contributed by atoms with van der Waals surface area (Å²) in [6.45, 7) is 6.00. The molecule has 4 heteroatoms. The zero-order valence-electron chi connectivity index (χ0n) is 11.1. The number of hydrogen-bond donors (Lipinski definition) is 2. The van der Waals surface area contributed by atoms with Crippen LogP contribution in [0.3, 0.4) is 0 Å². The van der Waals surface area contributed by atoms with Crippen molar-refractivity contribution in [1.82, 2.24) is 0 Å². The topological polar surface area (TPSA) is 55.5 Å². The maximum absolute atomic E-state index is 9.84. The Bertz CT molecular complexity index is 411. The zero-order valence-corrected chi connectivity index (χ0v) is 12.0. The maximum Gasteiger partial charge on any atom is 0.120 e. The summed E-state index contributed by atoms with van der Waals surface area (Å²) in [5.74, 6) is 1.55. The van der Waals surface area contributed by atoms with Crippen LogP contribution in [-0.2, 0) is 0 Å². The molecule has 0 saturated heterocycles. The van der Waals surface area contributed by atoms with Gasteiger partial charge in [-0.05, 0) is 57.7 Å². The van der Waals surface area contributed by atoms with E-state index < -0.39 is 0 Å². The van der Waals surface area contributed by atoms with Crippen molar-refractivity contribution in [2.75, 3.05) is 0 Å². The first-order valence-corrected chi connectivity index (χ1v) is 6.14. The lowest BCUT2D eigenvalue weighted by Gasteiger charge is -2.22. The van der Waals surface area contributed by atoms with Crippen LogP contribution >= 0.6 is 12.4 Å². The second kappa shape index (κ2) is 5.37. The fraction of sp³-hybridized carbons (Fsp3) is 0.571. The van der Waals surface area contributed by atoms with Gasteiger partial charge in [0.1, 0.15) is 17.1 Å². The molecule has 1 atom stereocenters. The van der Waals surface area contributed by atoms with Gasteiger partial charge >= 0.3 is 0 Å². The quantitative estimate of drug-likeness (QED) is 0.886. The van der Waals surface area contributed by atoms with Gasteiger partial charge in [-0.25, -0.2) is 0 Å². The van der Waals surface area contributed by atoms with E-state index in [-0.39, 0.29) is 29.8 Å². The standard InChI is InChI=1S/C14H21NO2.ClH/c1-14(2,3)17-10-6-7-12(16)11(8-10)13(15)9-4-5-9;/h6-9,13,16H,4-5,15H2,1-3H3;1H/t13-;/m0./s1. The van der Waals surface area contributed by atoms with E-state index in [0.29, 0.717) is 5.92 Å². The molecule has 0 radical (unpaired) electrons. The second-order valence-corrected chi connectivity index (χ2v) is 5.80. The van der Waals surface area contributed by atoms with Crippen molar-refractivity contribution in [2.45, 2.75) is 45.3 Å². The third-order valence-electron chi connectivity index (χ3n) is 2.91. The van der Waals surface area contributed by atoms with Gasteiger partial charge in [-0.2, -0.15) is 0 Å². The van der Waals surface area contributed by atoms with Crippen LogP contribution in [0.1, 0.15) is 45.2 Å². The molecule has 2 rings (SSSR count). The lowest BCUT2D eigenvalue weighted by molar-refractivity contribution is 0.130. The first-order valence-electron chi connectivity index (χ1n) is 6.14. The number of benzene rings is 1. The summed E-state index contributed by atoms with van der Waals surface area (Å²) in [4.78, 5) is 0. The van der Waals surface area contributed by atoms with Gasteiger partial charge in [-0.15, -0.1) is 12.4 Å². The van der Waals surface area contributed by atoms with E-state index in [1.54, 1.807) is 12.1 Å². The SMILES string of the molecule is CC(C)(C)Oc1ccc(O)c([C@@H](N)C2CC2)c1.Cl. The van der Waals surface area contributed by atoms with E-state index in [1.165, 1.54) is 0 Å². The highest BCUT2D eigenvalue weighted by atomic mass is 35.5. The summed E-state index contributed by atoms with van der Waals surface area (Å²) in [5.41, 5.74) is 6.68. The summed E-state index contributed by atoms with van der Waals surface area (Å²) < 4.78 is 5.78. The number of phenols is 1. The Morgan fingerprint density at radius 2 is 1.94 bits per heavy atom. The van der Waals surface area contributed by atoms with Gasteiger partial charge in [0.15, 0.2) is 0 Å². The zero-order chi connectivity index (χ0) is 12.6. The number of rotatable bonds is 3. The van der Waals surface area contributed by atoms with Crippen molar-refractivity contribution in [3.63, 3.8) is 0 Å². The molecule has 0 heterocycles. The van der Waals surface area contributed by atoms with Gasteiger partial charge in [-0.1, -0.05) is 0 Å². The Morgan fingerprint density at radius 1 is 1.33 bits per heavy atom. The Balaban J connectivity index is 0.00000162. The smallest absolute Gasteiger partial charge is 0.120 e. The molecule has 0 unspecified atom stereocenters. The molecular formula is C14H22ClNO2. The summed E-state index contributed by atoms with van der Waals surface area (Å²) in [5, 5.41) is 9.84. The predicted octanol–water partition coefficient (Wildman–Crippen LogP) is 3.40. The molecule has 0 bridgehead atoms. The van der Waals surface area contributed by atoms with Crippen LogP contribution in [0, 0.1) is 5.92 Å². The van der Waals surface area contributed by atoms with Crippen molar-refractivity contribution >= 4 is 12.4 Å². The first kappa shape index (κ1) is 15.1. The molecule has 102 valence electrons. The van der Waals surface area contributed by atoms with Gasteiger partial charge in [-0.3, -0.25) is 0 Å². The summed E-state index contributed by atoms with van der Waals surface area (Å²) in [6.07, 6.45) is 2.32. The van der Waals surface area contributed by atoms with E-state index in [1.807, 2.05) is 26.8 Å². The Kier molecular flexibility index (Phi) is 4.51. The van der Waals surface area contributed by atoms with Gasteiger partial charge in [0, 0.05) is 11.6 Å². The molecule has 0 amide bonds. The van der Waals surface area contributed by atoms with Crippen LogP contribution in [0.4, 0.5) is 0 Å². The predicted molar refractivity (Wildman–Crippen MR) is 75.4 cm³/mol. The summed E-state index contributed by atoms with van der Waals surface area (Å²) in [6, 6.07) is 5.24. The van der Waals surface area contributed by atoms with Gasteiger partial charge < -0.3 is 15.6 Å². The molecule has 0 aromatic heterocycles. The van der Waals surface area contributed by atoms with Crippen LogP contribution in [0.25, 0.3) is 0 Å². The van der Waals surface area contributed by atoms with Crippen LogP contribution < -0.4 is 10.5 Å². The van der Waals surface area contributed by atoms with Gasteiger partial charge in [0.2, 0.25) is 0 Å². The number of hydrogen-bond acceptors (Lipinski definition) is 3. The lowest BCUT2D eigenvalue weighted by Crippen LogP contribution is -2.23. The van der Waals surface area contributed by atoms with Crippen LogP contribution in [0.5, 0.6) is 11.5 Å². The van der Waals surface area contributed by atoms with Crippen molar-refractivity contribution in [3.8, 4) is 11.5 Å². The molecule has 1 aliphatic carbocycles. The molecule has 0 spiro atoms. The van der Waals surface area contributed by atoms with Crippen LogP contribution in [0.2, 0.25) is 0 Å². The normalized spacial score (nSPS) is 16.9. The molecule has 1 aliphatic rings. The van der Waals surface area contributed by atoms with Gasteiger partial charge in [0.05, 0.1) is 0 Å². The van der Waals surface area contributed by atoms with Crippen LogP contribution in [0.15, 0.2) is 18.2 Å². The molecule has 1 fully saturated rings. The highest BCUT2D eigenvalue weighted by molar-refractivity contribution is 5.85. The lowest BCUT2D eigenvalue weighted by atomic mass is 10.0.